The summed E-state index contributed by atoms with van der Waals surface area (Å²) >= 11 is 0. The Morgan fingerprint density at radius 3 is 2.93 bits per heavy atom. The number of rotatable bonds is 1. The molecule has 1 saturated heterocycles. The first-order valence-electron chi connectivity index (χ1n) is 4.88. The van der Waals surface area contributed by atoms with Gasteiger partial charge in [-0.25, -0.2) is 0 Å². The van der Waals surface area contributed by atoms with Gasteiger partial charge >= 0.3 is 0 Å². The molecule has 0 amide bonds. The molecule has 1 aromatic rings. The summed E-state index contributed by atoms with van der Waals surface area (Å²) in [6, 6.07) is 0. The Bertz CT molecular complexity index is 324. The van der Waals surface area contributed by atoms with Crippen molar-refractivity contribution >= 4 is 0 Å². The van der Waals surface area contributed by atoms with Gasteiger partial charge < -0.3 is 15.2 Å². The second kappa shape index (κ2) is 3.33. The van der Waals surface area contributed by atoms with Gasteiger partial charge in [0.15, 0.2) is 5.82 Å². The summed E-state index contributed by atoms with van der Waals surface area (Å²) < 4.78 is 4.96. The van der Waals surface area contributed by atoms with E-state index in [2.05, 4.69) is 22.1 Å². The summed E-state index contributed by atoms with van der Waals surface area (Å²) in [5.41, 5.74) is 5.83. The van der Waals surface area contributed by atoms with Gasteiger partial charge in [-0.1, -0.05) is 5.16 Å². The number of nitrogens with two attached hydrogens (primary N) is 1. The standard InChI is InChI=1S/C9H16N4O/c1-7-11-8(12-14-7)9(10)4-3-5-13(2)6-9/h3-6,10H2,1-2H3. The Balaban J connectivity index is 2.22. The molecule has 5 heteroatoms. The van der Waals surface area contributed by atoms with Crippen LogP contribution in [0.3, 0.4) is 0 Å². The van der Waals surface area contributed by atoms with E-state index in [0.29, 0.717) is 11.7 Å². The molecule has 1 fully saturated rings. The van der Waals surface area contributed by atoms with Gasteiger partial charge in [-0.05, 0) is 26.4 Å². The van der Waals surface area contributed by atoms with Gasteiger partial charge in [-0.15, -0.1) is 0 Å². The molecule has 0 saturated carbocycles. The van der Waals surface area contributed by atoms with Crippen LogP contribution < -0.4 is 5.73 Å². The van der Waals surface area contributed by atoms with Gasteiger partial charge in [-0.2, -0.15) is 4.98 Å². The van der Waals surface area contributed by atoms with E-state index in [0.717, 1.165) is 25.9 Å². The van der Waals surface area contributed by atoms with Gasteiger partial charge in [-0.3, -0.25) is 0 Å². The maximum Gasteiger partial charge on any atom is 0.223 e. The average molecular weight is 196 g/mol. The molecule has 0 bridgehead atoms. The number of hydrogen-bond acceptors (Lipinski definition) is 5. The minimum Gasteiger partial charge on any atom is -0.340 e. The smallest absolute Gasteiger partial charge is 0.223 e. The van der Waals surface area contributed by atoms with E-state index in [1.807, 2.05) is 0 Å². The van der Waals surface area contributed by atoms with Crippen LogP contribution in [0, 0.1) is 6.92 Å². The molecule has 1 aliphatic rings. The lowest BCUT2D eigenvalue weighted by Gasteiger charge is -2.35. The molecule has 2 rings (SSSR count). The predicted molar refractivity (Wildman–Crippen MR) is 51.6 cm³/mol. The highest BCUT2D eigenvalue weighted by molar-refractivity contribution is 5.06. The number of piperidine rings is 1. The van der Waals surface area contributed by atoms with Crippen LogP contribution in [0.15, 0.2) is 4.52 Å². The zero-order chi connectivity index (χ0) is 10.2. The van der Waals surface area contributed by atoms with Gasteiger partial charge in [0.1, 0.15) is 0 Å². The number of hydrogen-bond donors (Lipinski definition) is 1. The molecule has 0 radical (unpaired) electrons. The van der Waals surface area contributed by atoms with Crippen molar-refractivity contribution < 1.29 is 4.52 Å². The van der Waals surface area contributed by atoms with E-state index in [1.165, 1.54) is 0 Å². The minimum absolute atomic E-state index is 0.426. The summed E-state index contributed by atoms with van der Waals surface area (Å²) in [7, 11) is 2.06. The molecule has 1 atom stereocenters. The first kappa shape index (κ1) is 9.61. The van der Waals surface area contributed by atoms with Crippen LogP contribution >= 0.6 is 0 Å². The van der Waals surface area contributed by atoms with Gasteiger partial charge in [0.2, 0.25) is 5.89 Å². The van der Waals surface area contributed by atoms with Crippen LogP contribution in [0.4, 0.5) is 0 Å². The predicted octanol–water partition coefficient (Wildman–Crippen LogP) is 0.258. The van der Waals surface area contributed by atoms with Crippen LogP contribution in [0.5, 0.6) is 0 Å². The maximum absolute atomic E-state index is 6.26. The zero-order valence-corrected chi connectivity index (χ0v) is 8.66. The van der Waals surface area contributed by atoms with Crippen LogP contribution in [0.2, 0.25) is 0 Å². The minimum atomic E-state index is -0.426. The number of aromatic nitrogens is 2. The third kappa shape index (κ3) is 1.65. The molecule has 0 aromatic carbocycles. The molecule has 5 nitrogen and oxygen atoms in total. The highest BCUT2D eigenvalue weighted by atomic mass is 16.5. The molecule has 14 heavy (non-hydrogen) atoms. The van der Waals surface area contributed by atoms with E-state index in [-0.39, 0.29) is 0 Å². The number of nitrogens with zero attached hydrogens (tertiary/aromatic N) is 3. The lowest BCUT2D eigenvalue weighted by molar-refractivity contribution is 0.169. The Hall–Kier alpha value is -0.940. The van der Waals surface area contributed by atoms with E-state index in [4.69, 9.17) is 10.3 Å². The van der Waals surface area contributed by atoms with Crippen molar-refractivity contribution in [2.75, 3.05) is 20.1 Å². The summed E-state index contributed by atoms with van der Waals surface area (Å²) in [6.45, 7) is 3.67. The number of likely N-dealkylation sites (N-methyl/N-ethyl adjacent to an activating group) is 1. The normalized spacial score (nSPS) is 29.4. The molecule has 2 N–H and O–H groups in total. The third-order valence-corrected chi connectivity index (χ3v) is 2.69. The van der Waals surface area contributed by atoms with Gasteiger partial charge in [0, 0.05) is 13.5 Å². The topological polar surface area (TPSA) is 68.2 Å². The summed E-state index contributed by atoms with van der Waals surface area (Å²) in [4.78, 5) is 6.41. The zero-order valence-electron chi connectivity index (χ0n) is 8.66. The molecule has 1 unspecified atom stereocenters. The fourth-order valence-corrected chi connectivity index (χ4v) is 1.99. The van der Waals surface area contributed by atoms with E-state index in [9.17, 15) is 0 Å². The van der Waals surface area contributed by atoms with Crippen molar-refractivity contribution in [3.63, 3.8) is 0 Å². The average Bonchev–Trinajstić information content (AvgIpc) is 2.52. The van der Waals surface area contributed by atoms with Crippen LogP contribution in [-0.2, 0) is 5.54 Å². The summed E-state index contributed by atoms with van der Waals surface area (Å²) in [5.74, 6) is 1.22. The first-order valence-corrected chi connectivity index (χ1v) is 4.88. The fourth-order valence-electron chi connectivity index (χ4n) is 1.99. The van der Waals surface area contributed by atoms with E-state index >= 15 is 0 Å². The Labute approximate surface area is 83.3 Å². The van der Waals surface area contributed by atoms with Gasteiger partial charge in [0.25, 0.3) is 0 Å². The second-order valence-corrected chi connectivity index (χ2v) is 4.13. The molecular weight excluding hydrogens is 180 g/mol. The maximum atomic E-state index is 6.26. The Kier molecular flexibility index (Phi) is 2.28. The SMILES string of the molecule is Cc1nc(C2(N)CCCN(C)C2)no1. The van der Waals surface area contributed by atoms with E-state index < -0.39 is 5.54 Å². The molecule has 1 aliphatic heterocycles. The molecule has 0 spiro atoms. The quantitative estimate of drug-likeness (QED) is 0.697. The van der Waals surface area contributed by atoms with Gasteiger partial charge in [0.05, 0.1) is 5.54 Å². The Morgan fingerprint density at radius 1 is 1.57 bits per heavy atom. The lowest BCUT2D eigenvalue weighted by Crippen LogP contribution is -2.51. The highest BCUT2D eigenvalue weighted by Crippen LogP contribution is 2.26. The van der Waals surface area contributed by atoms with Crippen molar-refractivity contribution in [2.45, 2.75) is 25.3 Å². The molecular formula is C9H16N4O. The van der Waals surface area contributed by atoms with Crippen molar-refractivity contribution in [1.82, 2.24) is 15.0 Å². The number of likely N-dealkylation sites (tertiary alicyclic amines) is 1. The number of aryl methyl sites for hydroxylation is 1. The van der Waals surface area contributed by atoms with E-state index in [1.54, 1.807) is 6.92 Å². The molecule has 2 heterocycles. The largest absolute Gasteiger partial charge is 0.340 e. The van der Waals surface area contributed by atoms with Crippen molar-refractivity contribution in [2.24, 2.45) is 5.73 Å². The van der Waals surface area contributed by atoms with Crippen LogP contribution in [0.25, 0.3) is 0 Å². The van der Waals surface area contributed by atoms with Crippen molar-refractivity contribution in [3.05, 3.63) is 11.7 Å². The summed E-state index contributed by atoms with van der Waals surface area (Å²) in [6.07, 6.45) is 2.01. The Morgan fingerprint density at radius 2 is 2.36 bits per heavy atom. The second-order valence-electron chi connectivity index (χ2n) is 4.13. The highest BCUT2D eigenvalue weighted by Gasteiger charge is 2.36. The fraction of sp³-hybridized carbons (Fsp3) is 0.778. The monoisotopic (exact) mass is 196 g/mol. The molecule has 1 aromatic heterocycles. The van der Waals surface area contributed by atoms with Crippen molar-refractivity contribution in [1.29, 1.82) is 0 Å². The lowest BCUT2D eigenvalue weighted by atomic mass is 9.90. The van der Waals surface area contributed by atoms with Crippen molar-refractivity contribution in [3.8, 4) is 0 Å². The molecule has 78 valence electrons. The van der Waals surface area contributed by atoms with Crippen LogP contribution in [-0.4, -0.2) is 35.2 Å². The van der Waals surface area contributed by atoms with Crippen LogP contribution in [0.1, 0.15) is 24.6 Å². The summed E-state index contributed by atoms with van der Waals surface area (Å²) in [5, 5.41) is 3.91. The third-order valence-electron chi connectivity index (χ3n) is 2.69. The first-order chi connectivity index (χ1) is 6.60. The molecule has 0 aliphatic carbocycles.